The molecular formula is C13H20F3N3O. The number of hydrogen-bond acceptors (Lipinski definition) is 3. The van der Waals surface area contributed by atoms with Crippen LogP contribution in [0.3, 0.4) is 0 Å². The molecule has 0 bridgehead atoms. The summed E-state index contributed by atoms with van der Waals surface area (Å²) in [5.41, 5.74) is -1.36. The molecule has 1 aromatic heterocycles. The van der Waals surface area contributed by atoms with Gasteiger partial charge in [-0.1, -0.05) is 0 Å². The molecule has 0 amide bonds. The Morgan fingerprint density at radius 2 is 2.00 bits per heavy atom. The minimum absolute atomic E-state index is 0.233. The number of likely N-dealkylation sites (tertiary alicyclic amines) is 1. The van der Waals surface area contributed by atoms with Crippen LogP contribution in [-0.2, 0) is 13.5 Å². The molecule has 0 atom stereocenters. The Bertz CT molecular complexity index is 436. The molecule has 20 heavy (non-hydrogen) atoms. The molecule has 0 unspecified atom stereocenters. The zero-order valence-electron chi connectivity index (χ0n) is 11.5. The van der Waals surface area contributed by atoms with E-state index in [0.29, 0.717) is 13.1 Å². The molecule has 1 aliphatic rings. The number of rotatable bonds is 4. The Kier molecular flexibility index (Phi) is 4.39. The predicted molar refractivity (Wildman–Crippen MR) is 68.2 cm³/mol. The summed E-state index contributed by atoms with van der Waals surface area (Å²) in [6.07, 6.45) is 0.517. The summed E-state index contributed by atoms with van der Waals surface area (Å²) < 4.78 is 39.7. The topological polar surface area (TPSA) is 41.3 Å². The summed E-state index contributed by atoms with van der Waals surface area (Å²) in [6.45, 7) is 1.34. The van der Waals surface area contributed by atoms with Gasteiger partial charge in [0.2, 0.25) is 0 Å². The number of piperidine rings is 1. The van der Waals surface area contributed by atoms with E-state index >= 15 is 0 Å². The average Bonchev–Trinajstić information content (AvgIpc) is 2.76. The van der Waals surface area contributed by atoms with E-state index in [1.807, 2.05) is 18.1 Å². The molecule has 0 saturated carbocycles. The standard InChI is InChI=1S/C13H20F3N3O/c1-18-10-11(9-17-18)3-2-6-19-7-4-12(20,5-8-19)13(14,15)16/h9-10,20H,2-8H2,1H3. The van der Waals surface area contributed by atoms with E-state index in [0.717, 1.165) is 24.9 Å². The van der Waals surface area contributed by atoms with Crippen LogP contribution < -0.4 is 0 Å². The molecule has 1 fully saturated rings. The molecule has 1 N–H and O–H groups in total. The smallest absolute Gasteiger partial charge is 0.380 e. The highest BCUT2D eigenvalue weighted by molar-refractivity contribution is 5.03. The van der Waals surface area contributed by atoms with E-state index in [4.69, 9.17) is 0 Å². The molecule has 0 aromatic carbocycles. The van der Waals surface area contributed by atoms with Gasteiger partial charge >= 0.3 is 6.18 Å². The lowest BCUT2D eigenvalue weighted by Gasteiger charge is -2.39. The van der Waals surface area contributed by atoms with Crippen LogP contribution in [0.25, 0.3) is 0 Å². The molecule has 1 aliphatic heterocycles. The van der Waals surface area contributed by atoms with Crippen molar-refractivity contribution in [1.29, 1.82) is 0 Å². The fourth-order valence-electron chi connectivity index (χ4n) is 2.54. The molecule has 0 aliphatic carbocycles. The molecule has 0 radical (unpaired) electrons. The SMILES string of the molecule is Cn1cc(CCCN2CCC(O)(C(F)(F)F)CC2)cn1. The molecule has 114 valence electrons. The van der Waals surface area contributed by atoms with Crippen LogP contribution in [0.4, 0.5) is 13.2 Å². The Labute approximate surface area is 116 Å². The fourth-order valence-corrected chi connectivity index (χ4v) is 2.54. The van der Waals surface area contributed by atoms with Crippen LogP contribution >= 0.6 is 0 Å². The zero-order valence-corrected chi connectivity index (χ0v) is 11.5. The lowest BCUT2D eigenvalue weighted by Crippen LogP contribution is -2.53. The number of alkyl halides is 3. The maximum Gasteiger partial charge on any atom is 0.417 e. The summed E-state index contributed by atoms with van der Waals surface area (Å²) >= 11 is 0. The van der Waals surface area contributed by atoms with Gasteiger partial charge in [-0.3, -0.25) is 4.68 Å². The van der Waals surface area contributed by atoms with Gasteiger partial charge in [-0.15, -0.1) is 0 Å². The van der Waals surface area contributed by atoms with Crippen LogP contribution in [-0.4, -0.2) is 51.2 Å². The molecule has 1 saturated heterocycles. The van der Waals surface area contributed by atoms with E-state index in [9.17, 15) is 18.3 Å². The lowest BCUT2D eigenvalue weighted by molar-refractivity contribution is -0.272. The Morgan fingerprint density at radius 1 is 1.35 bits per heavy atom. The van der Waals surface area contributed by atoms with Crippen molar-refractivity contribution in [3.05, 3.63) is 18.0 Å². The third-order valence-corrected chi connectivity index (χ3v) is 3.91. The number of aromatic nitrogens is 2. The quantitative estimate of drug-likeness (QED) is 0.919. The first kappa shape index (κ1) is 15.3. The van der Waals surface area contributed by atoms with Crippen molar-refractivity contribution in [2.24, 2.45) is 7.05 Å². The van der Waals surface area contributed by atoms with E-state index in [-0.39, 0.29) is 12.8 Å². The van der Waals surface area contributed by atoms with E-state index in [1.165, 1.54) is 0 Å². The first-order chi connectivity index (χ1) is 9.30. The van der Waals surface area contributed by atoms with Gasteiger partial charge in [0.15, 0.2) is 5.60 Å². The number of hydrogen-bond donors (Lipinski definition) is 1. The third kappa shape index (κ3) is 3.52. The predicted octanol–water partition coefficient (Wildman–Crippen LogP) is 1.74. The van der Waals surface area contributed by atoms with Crippen LogP contribution in [0.5, 0.6) is 0 Å². The minimum atomic E-state index is -4.52. The van der Waals surface area contributed by atoms with Crippen LogP contribution in [0.15, 0.2) is 12.4 Å². The zero-order chi connectivity index (χ0) is 14.8. The first-order valence-electron chi connectivity index (χ1n) is 6.79. The van der Waals surface area contributed by atoms with Crippen molar-refractivity contribution in [2.45, 2.75) is 37.5 Å². The van der Waals surface area contributed by atoms with E-state index in [2.05, 4.69) is 5.10 Å². The summed E-state index contributed by atoms with van der Waals surface area (Å²) in [5, 5.41) is 13.6. The van der Waals surface area contributed by atoms with Gasteiger partial charge in [-0.25, -0.2) is 0 Å². The van der Waals surface area contributed by atoms with E-state index < -0.39 is 11.8 Å². The second kappa shape index (κ2) is 5.73. The van der Waals surface area contributed by atoms with Gasteiger partial charge in [0, 0.05) is 26.3 Å². The summed E-state index contributed by atoms with van der Waals surface area (Å²) in [5.74, 6) is 0. The second-order valence-corrected chi connectivity index (χ2v) is 5.50. The van der Waals surface area contributed by atoms with Crippen molar-refractivity contribution in [1.82, 2.24) is 14.7 Å². The van der Waals surface area contributed by atoms with Gasteiger partial charge in [0.25, 0.3) is 0 Å². The van der Waals surface area contributed by atoms with Gasteiger partial charge in [-0.05, 0) is 37.8 Å². The molecule has 2 heterocycles. The van der Waals surface area contributed by atoms with Crippen LogP contribution in [0, 0.1) is 0 Å². The molecule has 2 rings (SSSR count). The fraction of sp³-hybridized carbons (Fsp3) is 0.769. The van der Waals surface area contributed by atoms with Crippen LogP contribution in [0.2, 0.25) is 0 Å². The highest BCUT2D eigenvalue weighted by atomic mass is 19.4. The largest absolute Gasteiger partial charge is 0.417 e. The molecule has 4 nitrogen and oxygen atoms in total. The first-order valence-corrected chi connectivity index (χ1v) is 6.79. The second-order valence-electron chi connectivity index (χ2n) is 5.50. The van der Waals surface area contributed by atoms with Crippen molar-refractivity contribution >= 4 is 0 Å². The Balaban J connectivity index is 1.72. The molecule has 1 aromatic rings. The summed E-state index contributed by atoms with van der Waals surface area (Å²) in [4.78, 5) is 1.98. The highest BCUT2D eigenvalue weighted by Crippen LogP contribution is 2.38. The van der Waals surface area contributed by atoms with Gasteiger partial charge in [0.1, 0.15) is 0 Å². The van der Waals surface area contributed by atoms with Crippen molar-refractivity contribution in [3.63, 3.8) is 0 Å². The average molecular weight is 291 g/mol. The number of aryl methyl sites for hydroxylation is 2. The highest BCUT2D eigenvalue weighted by Gasteiger charge is 2.54. The van der Waals surface area contributed by atoms with Crippen molar-refractivity contribution < 1.29 is 18.3 Å². The van der Waals surface area contributed by atoms with Crippen molar-refractivity contribution in [3.8, 4) is 0 Å². The number of nitrogens with zero attached hydrogens (tertiary/aromatic N) is 3. The minimum Gasteiger partial charge on any atom is -0.380 e. The Morgan fingerprint density at radius 3 is 2.50 bits per heavy atom. The molecule has 0 spiro atoms. The normalized spacial score (nSPS) is 20.2. The maximum atomic E-state index is 12.7. The van der Waals surface area contributed by atoms with Crippen molar-refractivity contribution in [2.75, 3.05) is 19.6 Å². The molecule has 7 heteroatoms. The lowest BCUT2D eigenvalue weighted by atomic mass is 9.90. The molecular weight excluding hydrogens is 271 g/mol. The summed E-state index contributed by atoms with van der Waals surface area (Å²) in [7, 11) is 1.85. The van der Waals surface area contributed by atoms with Gasteiger partial charge < -0.3 is 10.0 Å². The Hall–Kier alpha value is -1.08. The maximum absolute atomic E-state index is 12.7. The number of aliphatic hydroxyl groups is 1. The number of halogens is 3. The van der Waals surface area contributed by atoms with Gasteiger partial charge in [0.05, 0.1) is 6.20 Å². The third-order valence-electron chi connectivity index (χ3n) is 3.91. The van der Waals surface area contributed by atoms with E-state index in [1.54, 1.807) is 10.9 Å². The summed E-state index contributed by atoms with van der Waals surface area (Å²) in [6, 6.07) is 0. The monoisotopic (exact) mass is 291 g/mol. The van der Waals surface area contributed by atoms with Gasteiger partial charge in [-0.2, -0.15) is 18.3 Å². The van der Waals surface area contributed by atoms with Crippen LogP contribution in [0.1, 0.15) is 24.8 Å².